The molecule has 1 aliphatic carbocycles. The van der Waals surface area contributed by atoms with E-state index < -0.39 is 5.41 Å². The number of aromatic hydroxyl groups is 1. The zero-order valence-corrected chi connectivity index (χ0v) is 16.3. The zero-order chi connectivity index (χ0) is 21.0. The van der Waals surface area contributed by atoms with Gasteiger partial charge in [0.15, 0.2) is 5.78 Å². The third-order valence-electron chi connectivity index (χ3n) is 5.38. The van der Waals surface area contributed by atoms with E-state index in [-0.39, 0.29) is 17.3 Å². The van der Waals surface area contributed by atoms with Crippen LogP contribution in [0.2, 0.25) is 0 Å². The maximum absolute atomic E-state index is 13.4. The molecular formula is C27H21FO2. The largest absolute Gasteiger partial charge is 0.508 e. The van der Waals surface area contributed by atoms with Gasteiger partial charge in [0.25, 0.3) is 0 Å². The number of rotatable bonds is 5. The Balaban J connectivity index is 1.72. The molecule has 30 heavy (non-hydrogen) atoms. The van der Waals surface area contributed by atoms with E-state index in [0.717, 1.165) is 16.7 Å². The van der Waals surface area contributed by atoms with E-state index in [0.29, 0.717) is 12.0 Å². The van der Waals surface area contributed by atoms with Crippen LogP contribution in [-0.2, 0) is 5.41 Å². The lowest BCUT2D eigenvalue weighted by atomic mass is 9.71. The highest BCUT2D eigenvalue weighted by Gasteiger charge is 2.30. The molecule has 1 N–H and O–H groups in total. The molecule has 1 atom stereocenters. The van der Waals surface area contributed by atoms with Crippen molar-refractivity contribution >= 4 is 11.4 Å². The molecule has 0 radical (unpaired) electrons. The van der Waals surface area contributed by atoms with Gasteiger partial charge in [0.1, 0.15) is 11.6 Å². The lowest BCUT2D eigenvalue weighted by Gasteiger charge is -2.32. The number of benzene rings is 3. The Bertz CT molecular complexity index is 1120. The van der Waals surface area contributed by atoms with Crippen LogP contribution in [0.25, 0.3) is 5.57 Å². The minimum Gasteiger partial charge on any atom is -0.508 e. The summed E-state index contributed by atoms with van der Waals surface area (Å²) in [6.45, 7) is 0. The van der Waals surface area contributed by atoms with Crippen LogP contribution in [0.15, 0.2) is 109 Å². The molecule has 4 rings (SSSR count). The summed E-state index contributed by atoms with van der Waals surface area (Å²) in [6.07, 6.45) is 10.2. The molecule has 3 aromatic carbocycles. The van der Waals surface area contributed by atoms with Crippen molar-refractivity contribution in [3.05, 3.63) is 132 Å². The van der Waals surface area contributed by atoms with Gasteiger partial charge in [-0.15, -0.1) is 0 Å². The van der Waals surface area contributed by atoms with Crippen LogP contribution in [0.4, 0.5) is 4.39 Å². The van der Waals surface area contributed by atoms with Gasteiger partial charge in [0.2, 0.25) is 0 Å². The fourth-order valence-corrected chi connectivity index (χ4v) is 3.73. The van der Waals surface area contributed by atoms with Gasteiger partial charge in [-0.25, -0.2) is 4.39 Å². The summed E-state index contributed by atoms with van der Waals surface area (Å²) in [5.74, 6) is -0.156. The third-order valence-corrected chi connectivity index (χ3v) is 5.38. The molecule has 3 aromatic rings. The number of phenols is 1. The van der Waals surface area contributed by atoms with Crippen LogP contribution in [0.3, 0.4) is 0 Å². The molecule has 0 aromatic heterocycles. The number of carbonyl (C=O) groups is 1. The van der Waals surface area contributed by atoms with E-state index in [1.807, 2.05) is 48.6 Å². The molecule has 0 fully saturated rings. The van der Waals surface area contributed by atoms with Crippen molar-refractivity contribution in [2.45, 2.75) is 11.8 Å². The van der Waals surface area contributed by atoms with E-state index in [4.69, 9.17) is 0 Å². The maximum Gasteiger partial charge on any atom is 0.185 e. The van der Waals surface area contributed by atoms with Crippen LogP contribution in [-0.4, -0.2) is 10.9 Å². The van der Waals surface area contributed by atoms with Crippen molar-refractivity contribution in [3.63, 3.8) is 0 Å². The Morgan fingerprint density at radius 3 is 2.33 bits per heavy atom. The van der Waals surface area contributed by atoms with Crippen LogP contribution >= 0.6 is 0 Å². The smallest absolute Gasteiger partial charge is 0.185 e. The van der Waals surface area contributed by atoms with Gasteiger partial charge in [0, 0.05) is 11.0 Å². The van der Waals surface area contributed by atoms with E-state index >= 15 is 0 Å². The van der Waals surface area contributed by atoms with Gasteiger partial charge in [-0.3, -0.25) is 4.79 Å². The monoisotopic (exact) mass is 396 g/mol. The summed E-state index contributed by atoms with van der Waals surface area (Å²) >= 11 is 0. The number of hydrogen-bond acceptors (Lipinski definition) is 2. The average Bonchev–Trinajstić information content (AvgIpc) is 2.79. The quantitative estimate of drug-likeness (QED) is 0.409. The highest BCUT2D eigenvalue weighted by atomic mass is 19.1. The predicted octanol–water partition coefficient (Wildman–Crippen LogP) is 6.25. The number of allylic oxidation sites excluding steroid dienone is 6. The van der Waals surface area contributed by atoms with Gasteiger partial charge >= 0.3 is 0 Å². The van der Waals surface area contributed by atoms with Crippen LogP contribution in [0.5, 0.6) is 5.75 Å². The first kappa shape index (κ1) is 19.6. The topological polar surface area (TPSA) is 37.3 Å². The average molecular weight is 396 g/mol. The van der Waals surface area contributed by atoms with E-state index in [1.54, 1.807) is 42.5 Å². The Kier molecular flexibility index (Phi) is 5.44. The summed E-state index contributed by atoms with van der Waals surface area (Å²) in [4.78, 5) is 12.7. The first-order chi connectivity index (χ1) is 14.6. The highest BCUT2D eigenvalue weighted by molar-refractivity contribution is 6.04. The van der Waals surface area contributed by atoms with Gasteiger partial charge < -0.3 is 5.11 Å². The van der Waals surface area contributed by atoms with Crippen molar-refractivity contribution in [2.75, 3.05) is 0 Å². The van der Waals surface area contributed by atoms with Crippen molar-refractivity contribution < 1.29 is 14.3 Å². The van der Waals surface area contributed by atoms with E-state index in [2.05, 4.69) is 6.08 Å². The van der Waals surface area contributed by atoms with Crippen LogP contribution in [0, 0.1) is 5.82 Å². The first-order valence-corrected chi connectivity index (χ1v) is 9.78. The SMILES string of the molecule is O=C(/C=C/C1(c2ccc(O)cc2)C=CC=C(c2ccc(F)cc2)C1)c1ccccc1. The van der Waals surface area contributed by atoms with Crippen molar-refractivity contribution in [1.82, 2.24) is 0 Å². The first-order valence-electron chi connectivity index (χ1n) is 9.78. The molecule has 0 heterocycles. The molecule has 0 saturated heterocycles. The minimum atomic E-state index is -0.559. The molecule has 1 aliphatic rings. The molecule has 1 unspecified atom stereocenters. The standard InChI is InChI=1S/C27H21FO2/c28-24-12-8-20(9-13-24)22-7-4-17-27(19-22,23-10-14-25(29)15-11-23)18-16-26(30)21-5-2-1-3-6-21/h1-18,29H,19H2/b18-16+. The molecular weight excluding hydrogens is 375 g/mol. The minimum absolute atomic E-state index is 0.0694. The lowest BCUT2D eigenvalue weighted by molar-refractivity contribution is 0.104. The van der Waals surface area contributed by atoms with Crippen LogP contribution in [0.1, 0.15) is 27.9 Å². The molecule has 0 saturated carbocycles. The number of ketones is 1. The Labute approximate surface area is 175 Å². The maximum atomic E-state index is 13.4. The molecule has 0 bridgehead atoms. The van der Waals surface area contributed by atoms with E-state index in [9.17, 15) is 14.3 Å². The second-order valence-electron chi connectivity index (χ2n) is 7.39. The molecule has 0 spiro atoms. The molecule has 148 valence electrons. The number of halogens is 1. The second-order valence-corrected chi connectivity index (χ2v) is 7.39. The number of carbonyl (C=O) groups excluding carboxylic acids is 1. The third kappa shape index (κ3) is 4.15. The summed E-state index contributed by atoms with van der Waals surface area (Å²) in [7, 11) is 0. The normalized spacial score (nSPS) is 18.4. The van der Waals surface area contributed by atoms with E-state index in [1.165, 1.54) is 12.1 Å². The van der Waals surface area contributed by atoms with Crippen molar-refractivity contribution in [1.29, 1.82) is 0 Å². The second kappa shape index (κ2) is 8.34. The summed E-state index contributed by atoms with van der Waals surface area (Å²) in [6, 6.07) is 22.6. The van der Waals surface area contributed by atoms with Crippen molar-refractivity contribution in [2.24, 2.45) is 0 Å². The van der Waals surface area contributed by atoms with Gasteiger partial charge in [-0.1, -0.05) is 78.9 Å². The Morgan fingerprint density at radius 1 is 0.933 bits per heavy atom. The van der Waals surface area contributed by atoms with Crippen molar-refractivity contribution in [3.8, 4) is 5.75 Å². The molecule has 3 heteroatoms. The lowest BCUT2D eigenvalue weighted by Crippen LogP contribution is -2.23. The summed E-state index contributed by atoms with van der Waals surface area (Å²) in [5, 5.41) is 9.72. The van der Waals surface area contributed by atoms with Gasteiger partial charge in [-0.2, -0.15) is 0 Å². The summed E-state index contributed by atoms with van der Waals surface area (Å²) < 4.78 is 13.4. The molecule has 0 amide bonds. The summed E-state index contributed by atoms with van der Waals surface area (Å²) in [5.41, 5.74) is 3.01. The van der Waals surface area contributed by atoms with Crippen LogP contribution < -0.4 is 0 Å². The molecule has 0 aliphatic heterocycles. The fraction of sp³-hybridized carbons (Fsp3) is 0.0741. The molecule has 2 nitrogen and oxygen atoms in total. The highest BCUT2D eigenvalue weighted by Crippen LogP contribution is 2.41. The number of hydrogen-bond donors (Lipinski definition) is 1. The predicted molar refractivity (Wildman–Crippen MR) is 118 cm³/mol. The van der Waals surface area contributed by atoms with Gasteiger partial charge in [0.05, 0.1) is 0 Å². The zero-order valence-electron chi connectivity index (χ0n) is 16.3. The Hall–Kier alpha value is -3.72. The Morgan fingerprint density at radius 2 is 1.63 bits per heavy atom. The fourth-order valence-electron chi connectivity index (χ4n) is 3.73. The number of phenolic OH excluding ortho intramolecular Hbond substituents is 1. The van der Waals surface area contributed by atoms with Gasteiger partial charge in [-0.05, 0) is 53.5 Å².